The van der Waals surface area contributed by atoms with E-state index < -0.39 is 5.97 Å². The van der Waals surface area contributed by atoms with E-state index in [1.54, 1.807) is 44.4 Å². The summed E-state index contributed by atoms with van der Waals surface area (Å²) in [5.41, 5.74) is 2.85. The molecular weight excluding hydrogens is 372 g/mol. The Morgan fingerprint density at radius 3 is 2.48 bits per heavy atom. The van der Waals surface area contributed by atoms with Crippen molar-refractivity contribution in [2.24, 2.45) is 0 Å². The number of hydrogen-bond acceptors (Lipinski definition) is 6. The highest BCUT2D eigenvalue weighted by Crippen LogP contribution is 2.21. The van der Waals surface area contributed by atoms with Gasteiger partial charge in [0.1, 0.15) is 11.5 Å². The monoisotopic (exact) mass is 394 g/mol. The van der Waals surface area contributed by atoms with E-state index in [0.29, 0.717) is 22.8 Å². The summed E-state index contributed by atoms with van der Waals surface area (Å²) >= 11 is 0. The summed E-state index contributed by atoms with van der Waals surface area (Å²) < 4.78 is 17.1. The molecule has 0 spiro atoms. The predicted octanol–water partition coefficient (Wildman–Crippen LogP) is 3.84. The molecule has 2 aromatic heterocycles. The lowest BCUT2D eigenvalue weighted by Crippen LogP contribution is -2.13. The minimum atomic E-state index is -0.588. The van der Waals surface area contributed by atoms with Crippen LogP contribution in [0.25, 0.3) is 11.9 Å². The maximum Gasteiger partial charge on any atom is 0.331 e. The summed E-state index contributed by atoms with van der Waals surface area (Å²) in [6, 6.07) is 10.8. The number of aromatic nitrogens is 2. The minimum Gasteiger partial charge on any atom is -0.497 e. The van der Waals surface area contributed by atoms with Crippen molar-refractivity contribution in [3.8, 4) is 11.6 Å². The van der Waals surface area contributed by atoms with E-state index in [1.165, 1.54) is 6.08 Å². The van der Waals surface area contributed by atoms with Crippen LogP contribution < -0.4 is 4.74 Å². The highest BCUT2D eigenvalue weighted by molar-refractivity contribution is 6.00. The molecule has 7 heteroatoms. The summed E-state index contributed by atoms with van der Waals surface area (Å²) in [5, 5.41) is 3.99. The Hall–Kier alpha value is -3.61. The van der Waals surface area contributed by atoms with Gasteiger partial charge >= 0.3 is 5.97 Å². The lowest BCUT2D eigenvalue weighted by Gasteiger charge is -2.05. The second kappa shape index (κ2) is 8.60. The van der Waals surface area contributed by atoms with Gasteiger partial charge in [-0.3, -0.25) is 9.36 Å². The number of ketones is 1. The molecule has 0 aliphatic heterocycles. The van der Waals surface area contributed by atoms with E-state index in [1.807, 2.05) is 30.5 Å². The molecule has 150 valence electrons. The van der Waals surface area contributed by atoms with Gasteiger partial charge in [0.2, 0.25) is 5.78 Å². The molecule has 0 radical (unpaired) electrons. The molecular formula is C22H22N2O5. The number of esters is 1. The number of Topliss-reactive ketones (excluding diaryl/α,β-unsaturated/α-hetero) is 1. The normalized spacial score (nSPS) is 11.0. The van der Waals surface area contributed by atoms with Crippen LogP contribution in [-0.4, -0.2) is 35.2 Å². The van der Waals surface area contributed by atoms with E-state index in [9.17, 15) is 9.59 Å². The number of aryl methyl sites for hydroxylation is 2. The van der Waals surface area contributed by atoms with Crippen LogP contribution in [0.15, 0.2) is 47.0 Å². The lowest BCUT2D eigenvalue weighted by molar-refractivity contribution is -0.136. The third-order valence-electron chi connectivity index (χ3n) is 4.45. The maximum absolute atomic E-state index is 12.5. The molecule has 0 aliphatic rings. The summed E-state index contributed by atoms with van der Waals surface area (Å²) in [5.74, 6) is 1.15. The number of carbonyl (C=O) groups is 2. The topological polar surface area (TPSA) is 83.6 Å². The summed E-state index contributed by atoms with van der Waals surface area (Å²) in [6.45, 7) is 5.15. The zero-order valence-corrected chi connectivity index (χ0v) is 16.8. The number of nitrogens with zero attached hydrogens (tertiary/aromatic N) is 2. The van der Waals surface area contributed by atoms with Crippen molar-refractivity contribution in [1.29, 1.82) is 0 Å². The maximum atomic E-state index is 12.5. The molecule has 0 fully saturated rings. The van der Waals surface area contributed by atoms with Gasteiger partial charge in [-0.2, -0.15) is 0 Å². The molecule has 7 nitrogen and oxygen atoms in total. The average molecular weight is 394 g/mol. The van der Waals surface area contributed by atoms with Crippen molar-refractivity contribution in [2.75, 3.05) is 13.7 Å². The van der Waals surface area contributed by atoms with Crippen LogP contribution in [0.5, 0.6) is 5.75 Å². The lowest BCUT2D eigenvalue weighted by atomic mass is 10.1. The fourth-order valence-electron chi connectivity index (χ4n) is 3.00. The van der Waals surface area contributed by atoms with Gasteiger partial charge in [0.15, 0.2) is 12.4 Å². The Balaban J connectivity index is 1.63. The van der Waals surface area contributed by atoms with Gasteiger partial charge in [0.25, 0.3) is 0 Å². The molecule has 29 heavy (non-hydrogen) atoms. The van der Waals surface area contributed by atoms with Crippen LogP contribution in [0.2, 0.25) is 0 Å². The molecule has 0 atom stereocenters. The highest BCUT2D eigenvalue weighted by Gasteiger charge is 2.19. The van der Waals surface area contributed by atoms with Gasteiger partial charge in [-0.15, -0.1) is 0 Å². The zero-order valence-electron chi connectivity index (χ0n) is 16.8. The highest BCUT2D eigenvalue weighted by atomic mass is 16.5. The third-order valence-corrected chi connectivity index (χ3v) is 4.45. The molecule has 0 aliphatic carbocycles. The second-order valence-electron chi connectivity index (χ2n) is 6.55. The first kappa shape index (κ1) is 20.1. The molecule has 2 heterocycles. The molecule has 0 amide bonds. The first-order valence-electron chi connectivity index (χ1n) is 9.03. The Bertz CT molecular complexity index is 1060. The number of ether oxygens (including phenoxy) is 2. The fourth-order valence-corrected chi connectivity index (χ4v) is 3.00. The van der Waals surface area contributed by atoms with Crippen LogP contribution in [0, 0.1) is 20.8 Å². The zero-order chi connectivity index (χ0) is 21.0. The molecule has 0 saturated heterocycles. The van der Waals surface area contributed by atoms with Gasteiger partial charge in [0.05, 0.1) is 7.11 Å². The van der Waals surface area contributed by atoms with Gasteiger partial charge in [-0.05, 0) is 50.6 Å². The van der Waals surface area contributed by atoms with Crippen LogP contribution >= 0.6 is 0 Å². The van der Waals surface area contributed by atoms with Gasteiger partial charge < -0.3 is 14.0 Å². The second-order valence-corrected chi connectivity index (χ2v) is 6.55. The molecule has 1 aromatic carbocycles. The summed E-state index contributed by atoms with van der Waals surface area (Å²) in [6.07, 6.45) is 2.90. The molecule has 0 unspecified atom stereocenters. The van der Waals surface area contributed by atoms with Gasteiger partial charge in [-0.25, -0.2) is 4.79 Å². The first-order chi connectivity index (χ1) is 13.9. The fraction of sp³-hybridized carbons (Fsp3) is 0.227. The van der Waals surface area contributed by atoms with Crippen LogP contribution in [0.4, 0.5) is 0 Å². The van der Waals surface area contributed by atoms with Crippen molar-refractivity contribution >= 4 is 17.8 Å². The van der Waals surface area contributed by atoms with Gasteiger partial charge in [0, 0.05) is 29.1 Å². The van der Waals surface area contributed by atoms with Crippen LogP contribution in [-0.2, 0) is 9.53 Å². The van der Waals surface area contributed by atoms with Gasteiger partial charge in [-0.1, -0.05) is 17.3 Å². The summed E-state index contributed by atoms with van der Waals surface area (Å²) in [7, 11) is 1.59. The molecule has 3 aromatic rings. The van der Waals surface area contributed by atoms with E-state index in [4.69, 9.17) is 14.0 Å². The SMILES string of the molecule is COc1ccc(/C=C/C(=O)OCC(=O)c2cc(C)n(-c3cc(C)on3)c2C)cc1. The van der Waals surface area contributed by atoms with Crippen molar-refractivity contribution in [3.05, 3.63) is 70.7 Å². The van der Waals surface area contributed by atoms with E-state index in [0.717, 1.165) is 17.0 Å². The predicted molar refractivity (Wildman–Crippen MR) is 107 cm³/mol. The largest absolute Gasteiger partial charge is 0.497 e. The van der Waals surface area contributed by atoms with Crippen molar-refractivity contribution in [1.82, 2.24) is 9.72 Å². The standard InChI is InChI=1S/C22H22N2O5/c1-14-11-19(16(3)24(14)21-12-15(2)29-23-21)20(25)13-28-22(26)10-7-17-5-8-18(27-4)9-6-17/h5-12H,13H2,1-4H3/b10-7+. The number of carbonyl (C=O) groups excluding carboxylic acids is 2. The quantitative estimate of drug-likeness (QED) is 0.344. The molecule has 0 saturated carbocycles. The number of benzene rings is 1. The van der Waals surface area contributed by atoms with Crippen molar-refractivity contribution in [3.63, 3.8) is 0 Å². The van der Waals surface area contributed by atoms with Crippen molar-refractivity contribution in [2.45, 2.75) is 20.8 Å². The Labute approximate surface area is 168 Å². The number of methoxy groups -OCH3 is 1. The van der Waals surface area contributed by atoms with E-state index in [-0.39, 0.29) is 12.4 Å². The van der Waals surface area contributed by atoms with E-state index in [2.05, 4.69) is 5.16 Å². The molecule has 0 bridgehead atoms. The molecule has 0 N–H and O–H groups in total. The number of rotatable bonds is 7. The average Bonchev–Trinajstić information content (AvgIpc) is 3.26. The number of hydrogen-bond donors (Lipinski definition) is 0. The van der Waals surface area contributed by atoms with Crippen LogP contribution in [0.1, 0.15) is 33.1 Å². The first-order valence-corrected chi connectivity index (χ1v) is 9.03. The minimum absolute atomic E-state index is 0.282. The van der Waals surface area contributed by atoms with Crippen LogP contribution in [0.3, 0.4) is 0 Å². The smallest absolute Gasteiger partial charge is 0.331 e. The van der Waals surface area contributed by atoms with E-state index >= 15 is 0 Å². The summed E-state index contributed by atoms with van der Waals surface area (Å²) in [4.78, 5) is 24.5. The Morgan fingerprint density at radius 1 is 1.14 bits per heavy atom. The Morgan fingerprint density at radius 2 is 1.86 bits per heavy atom. The Kier molecular flexibility index (Phi) is 5.97. The van der Waals surface area contributed by atoms with Crippen molar-refractivity contribution < 1.29 is 23.6 Å². The third kappa shape index (κ3) is 4.63. The molecule has 3 rings (SSSR count).